The van der Waals surface area contributed by atoms with Crippen LogP contribution in [0.1, 0.15) is 31.9 Å². The number of carbonyl (C=O) groups excluding carboxylic acids is 3. The Labute approximate surface area is 252 Å². The van der Waals surface area contributed by atoms with Gasteiger partial charge in [0.15, 0.2) is 0 Å². The number of ether oxygens (including phenoxy) is 1. The van der Waals surface area contributed by atoms with Gasteiger partial charge in [-0.3, -0.25) is 19.3 Å². The number of amides is 3. The number of likely N-dealkylation sites (tertiary alicyclic amines) is 1. The van der Waals surface area contributed by atoms with E-state index in [9.17, 15) is 19.5 Å². The van der Waals surface area contributed by atoms with Crippen LogP contribution in [0.2, 0.25) is 0 Å². The van der Waals surface area contributed by atoms with Crippen LogP contribution in [-0.4, -0.2) is 124 Å². The lowest BCUT2D eigenvalue weighted by molar-refractivity contribution is -0.147. The van der Waals surface area contributed by atoms with Crippen LogP contribution in [0.15, 0.2) is 54.6 Å². The number of fused-ring (bicyclic) bond motifs is 2. The van der Waals surface area contributed by atoms with E-state index in [-0.39, 0.29) is 24.3 Å². The van der Waals surface area contributed by atoms with Gasteiger partial charge in [0.1, 0.15) is 6.04 Å². The van der Waals surface area contributed by atoms with Crippen LogP contribution in [0.5, 0.6) is 0 Å². The van der Waals surface area contributed by atoms with E-state index in [1.54, 1.807) is 16.7 Å². The normalized spacial score (nSPS) is 33.8. The predicted molar refractivity (Wildman–Crippen MR) is 162 cm³/mol. The molecular weight excluding hydrogens is 552 g/mol. The van der Waals surface area contributed by atoms with E-state index in [2.05, 4.69) is 17.1 Å². The van der Waals surface area contributed by atoms with E-state index in [4.69, 9.17) is 4.74 Å². The smallest absolute Gasteiger partial charge is 0.247 e. The molecule has 1 unspecified atom stereocenters. The van der Waals surface area contributed by atoms with Gasteiger partial charge in [-0.2, -0.15) is 0 Å². The first-order valence-electron chi connectivity index (χ1n) is 15.3. The molecule has 0 saturated carbocycles. The second kappa shape index (κ2) is 11.8. The third-order valence-corrected chi connectivity index (χ3v) is 11.4. The van der Waals surface area contributed by atoms with E-state index in [1.807, 2.05) is 66.1 Å². The minimum absolute atomic E-state index is 0.0257. The molecule has 3 saturated heterocycles. The maximum Gasteiger partial charge on any atom is 0.247 e. The SMILES string of the molecule is CCCN1CC=C[C@]2(C)S[C@]34C=CCN(CCN5CCOCC5)C(=O)C3N([C@H](CO)c3ccccc3)C(=O)[C@@H]4[C@@H]2C1=O. The Morgan fingerprint density at radius 2 is 1.62 bits per heavy atom. The number of rotatable bonds is 8. The van der Waals surface area contributed by atoms with Gasteiger partial charge in [0.25, 0.3) is 0 Å². The molecule has 1 N–H and O–H groups in total. The molecule has 0 bridgehead atoms. The first-order valence-corrected chi connectivity index (χ1v) is 16.1. The fraction of sp³-hybridized carbons (Fsp3) is 0.594. The molecular formula is C32H42N4O5S. The fourth-order valence-corrected chi connectivity index (χ4v) is 9.83. The van der Waals surface area contributed by atoms with Crippen molar-refractivity contribution in [1.82, 2.24) is 19.6 Å². The average molecular weight is 595 g/mol. The number of morpholine rings is 1. The van der Waals surface area contributed by atoms with E-state index in [1.165, 1.54) is 0 Å². The number of benzene rings is 1. The Balaban J connectivity index is 1.43. The highest BCUT2D eigenvalue weighted by atomic mass is 32.2. The second-order valence-electron chi connectivity index (χ2n) is 12.2. The molecule has 6 rings (SSSR count). The number of thioether (sulfide) groups is 1. The van der Waals surface area contributed by atoms with Crippen LogP contribution in [0.4, 0.5) is 0 Å². The van der Waals surface area contributed by atoms with Gasteiger partial charge in [0.05, 0.1) is 42.4 Å². The summed E-state index contributed by atoms with van der Waals surface area (Å²) in [4.78, 5) is 51.4. The van der Waals surface area contributed by atoms with E-state index in [0.717, 1.165) is 31.6 Å². The van der Waals surface area contributed by atoms with Crippen LogP contribution in [0.3, 0.4) is 0 Å². The van der Waals surface area contributed by atoms with Crippen molar-refractivity contribution in [2.24, 2.45) is 11.8 Å². The molecule has 0 aliphatic carbocycles. The van der Waals surface area contributed by atoms with Gasteiger partial charge in [-0.1, -0.05) is 61.6 Å². The van der Waals surface area contributed by atoms with Gasteiger partial charge in [-0.05, 0) is 18.9 Å². The van der Waals surface area contributed by atoms with Crippen LogP contribution in [-0.2, 0) is 19.1 Å². The lowest BCUT2D eigenvalue weighted by Gasteiger charge is -2.40. The summed E-state index contributed by atoms with van der Waals surface area (Å²) in [5, 5.41) is 10.7. The van der Waals surface area contributed by atoms with Gasteiger partial charge in [-0.15, -0.1) is 11.8 Å². The topological polar surface area (TPSA) is 93.6 Å². The molecule has 10 heteroatoms. The van der Waals surface area contributed by atoms with Crippen molar-refractivity contribution in [2.45, 2.75) is 41.8 Å². The average Bonchev–Trinajstić information content (AvgIpc) is 3.27. The predicted octanol–water partition coefficient (Wildman–Crippen LogP) is 1.95. The zero-order valence-electron chi connectivity index (χ0n) is 24.6. The Kier molecular flexibility index (Phi) is 8.26. The van der Waals surface area contributed by atoms with Crippen LogP contribution in [0.25, 0.3) is 0 Å². The number of carbonyl (C=O) groups is 3. The number of aliphatic hydroxyl groups is 1. The molecule has 226 valence electrons. The van der Waals surface area contributed by atoms with Crippen molar-refractivity contribution in [2.75, 3.05) is 65.6 Å². The third kappa shape index (κ3) is 4.80. The Hall–Kier alpha value is -2.66. The number of aliphatic hydroxyl groups excluding tert-OH is 1. The van der Waals surface area contributed by atoms with E-state index in [0.29, 0.717) is 39.4 Å². The summed E-state index contributed by atoms with van der Waals surface area (Å²) in [5.41, 5.74) is 0.775. The fourth-order valence-electron chi connectivity index (χ4n) is 7.68. The molecule has 3 amide bonds. The monoisotopic (exact) mass is 594 g/mol. The van der Waals surface area contributed by atoms with Gasteiger partial charge >= 0.3 is 0 Å². The highest BCUT2D eigenvalue weighted by molar-refractivity contribution is 8.02. The molecule has 3 fully saturated rings. The zero-order chi connectivity index (χ0) is 29.5. The third-order valence-electron chi connectivity index (χ3n) is 9.64. The second-order valence-corrected chi connectivity index (χ2v) is 14.0. The summed E-state index contributed by atoms with van der Waals surface area (Å²) in [6, 6.07) is 7.90. The largest absolute Gasteiger partial charge is 0.394 e. The van der Waals surface area contributed by atoms with Crippen LogP contribution < -0.4 is 0 Å². The molecule has 42 heavy (non-hydrogen) atoms. The van der Waals surface area contributed by atoms with Gasteiger partial charge in [0.2, 0.25) is 17.7 Å². The van der Waals surface area contributed by atoms with E-state index < -0.39 is 33.4 Å². The first kappa shape index (κ1) is 29.4. The summed E-state index contributed by atoms with van der Waals surface area (Å²) in [5.74, 6) is -1.70. The molecule has 9 nitrogen and oxygen atoms in total. The molecule has 5 aliphatic rings. The number of hydrogen-bond donors (Lipinski definition) is 1. The summed E-state index contributed by atoms with van der Waals surface area (Å²) in [6.45, 7) is 9.66. The quantitative estimate of drug-likeness (QED) is 0.460. The minimum atomic E-state index is -0.932. The van der Waals surface area contributed by atoms with Crippen LogP contribution in [0, 0.1) is 11.8 Å². The van der Waals surface area contributed by atoms with Gasteiger partial charge in [-0.25, -0.2) is 0 Å². The maximum atomic E-state index is 14.8. The lowest BCUT2D eigenvalue weighted by Crippen LogP contribution is -2.55. The lowest BCUT2D eigenvalue weighted by atomic mass is 9.74. The highest BCUT2D eigenvalue weighted by Gasteiger charge is 2.74. The van der Waals surface area contributed by atoms with Crippen LogP contribution >= 0.6 is 11.8 Å². The van der Waals surface area contributed by atoms with Crippen molar-refractivity contribution in [3.05, 3.63) is 60.2 Å². The Morgan fingerprint density at radius 1 is 0.929 bits per heavy atom. The van der Waals surface area contributed by atoms with Crippen molar-refractivity contribution >= 4 is 29.5 Å². The molecule has 5 heterocycles. The van der Waals surface area contributed by atoms with Crippen molar-refractivity contribution in [3.8, 4) is 0 Å². The number of nitrogens with zero attached hydrogens (tertiary/aromatic N) is 4. The standard InChI is InChI=1S/C32H42N4O5S/c1-3-13-34-14-7-11-31(2)25(28(34)38)26-29(39)36(24(22-37)23-9-5-4-6-10-23)27-30(40)35(15-8-12-32(26,27)42-31)17-16-33-18-20-41-21-19-33/h4-12,24-27,37H,3,13-22H2,1-2H3/t24-,25-,26+,27?,31+,32+/m1/s1. The van der Waals surface area contributed by atoms with E-state index >= 15 is 0 Å². The molecule has 0 aromatic heterocycles. The maximum absolute atomic E-state index is 14.8. The molecule has 1 aromatic carbocycles. The summed E-state index contributed by atoms with van der Waals surface area (Å²) < 4.78 is 3.93. The Morgan fingerprint density at radius 3 is 2.31 bits per heavy atom. The van der Waals surface area contributed by atoms with Crippen molar-refractivity contribution in [1.29, 1.82) is 0 Å². The Bertz CT molecular complexity index is 1250. The summed E-state index contributed by atoms with van der Waals surface area (Å²) in [6.07, 6.45) is 9.05. The minimum Gasteiger partial charge on any atom is -0.394 e. The zero-order valence-corrected chi connectivity index (χ0v) is 25.4. The van der Waals surface area contributed by atoms with Gasteiger partial charge < -0.3 is 24.5 Å². The summed E-state index contributed by atoms with van der Waals surface area (Å²) in [7, 11) is 0. The molecule has 1 spiro atoms. The van der Waals surface area contributed by atoms with Crippen molar-refractivity contribution < 1.29 is 24.2 Å². The number of hydrogen-bond acceptors (Lipinski definition) is 7. The molecule has 5 aliphatic heterocycles. The highest BCUT2D eigenvalue weighted by Crippen LogP contribution is 2.66. The van der Waals surface area contributed by atoms with Crippen molar-refractivity contribution in [3.63, 3.8) is 0 Å². The molecule has 1 aromatic rings. The first-order chi connectivity index (χ1) is 20.3. The molecule has 6 atom stereocenters. The summed E-state index contributed by atoms with van der Waals surface area (Å²) >= 11 is 1.59. The molecule has 0 radical (unpaired) electrons. The van der Waals surface area contributed by atoms with Gasteiger partial charge in [0, 0.05) is 50.6 Å².